The Labute approximate surface area is 165 Å². The van der Waals surface area contributed by atoms with Gasteiger partial charge in [0.05, 0.1) is 14.2 Å². The third-order valence-corrected chi connectivity index (χ3v) is 5.11. The van der Waals surface area contributed by atoms with Crippen LogP contribution in [0.15, 0.2) is 48.5 Å². The van der Waals surface area contributed by atoms with Crippen molar-refractivity contribution < 1.29 is 19.1 Å². The second kappa shape index (κ2) is 9.26. The number of ether oxygens (including phenoxy) is 2. The lowest BCUT2D eigenvalue weighted by molar-refractivity contribution is -0.130. The first-order valence-corrected chi connectivity index (χ1v) is 9.50. The van der Waals surface area contributed by atoms with Gasteiger partial charge in [-0.05, 0) is 37.1 Å². The van der Waals surface area contributed by atoms with Crippen LogP contribution in [0.3, 0.4) is 0 Å². The zero-order chi connectivity index (χ0) is 19.9. The number of hydrogen-bond acceptors (Lipinski definition) is 4. The fourth-order valence-corrected chi connectivity index (χ4v) is 3.63. The van der Waals surface area contributed by atoms with E-state index >= 15 is 0 Å². The van der Waals surface area contributed by atoms with E-state index in [1.165, 1.54) is 0 Å². The van der Waals surface area contributed by atoms with Crippen molar-refractivity contribution >= 4 is 23.2 Å². The minimum Gasteiger partial charge on any atom is -0.497 e. The van der Waals surface area contributed by atoms with Gasteiger partial charge in [0.15, 0.2) is 0 Å². The Kier molecular flexibility index (Phi) is 6.53. The number of anilines is 2. The lowest BCUT2D eigenvalue weighted by Gasteiger charge is -2.29. The lowest BCUT2D eigenvalue weighted by Crippen LogP contribution is -2.38. The van der Waals surface area contributed by atoms with Crippen LogP contribution in [0, 0.1) is 11.8 Å². The summed E-state index contributed by atoms with van der Waals surface area (Å²) in [5.41, 5.74) is 1.34. The zero-order valence-electron chi connectivity index (χ0n) is 16.2. The van der Waals surface area contributed by atoms with Gasteiger partial charge < -0.3 is 20.1 Å². The topological polar surface area (TPSA) is 76.7 Å². The van der Waals surface area contributed by atoms with Gasteiger partial charge in [0.1, 0.15) is 11.5 Å². The summed E-state index contributed by atoms with van der Waals surface area (Å²) in [5.74, 6) is 0.385. The van der Waals surface area contributed by atoms with Crippen LogP contribution in [0.25, 0.3) is 0 Å². The number of methoxy groups -OCH3 is 2. The average Bonchev–Trinajstić information content (AvgIpc) is 2.74. The monoisotopic (exact) mass is 382 g/mol. The van der Waals surface area contributed by atoms with Crippen LogP contribution >= 0.6 is 0 Å². The summed E-state index contributed by atoms with van der Waals surface area (Å²) in [4.78, 5) is 25.8. The van der Waals surface area contributed by atoms with Crippen LogP contribution in [0.1, 0.15) is 25.7 Å². The number of carbonyl (C=O) groups is 2. The maximum absolute atomic E-state index is 12.9. The second-order valence-electron chi connectivity index (χ2n) is 6.94. The molecule has 0 heterocycles. The molecule has 0 saturated heterocycles. The van der Waals surface area contributed by atoms with Crippen LogP contribution < -0.4 is 20.1 Å². The molecule has 0 aliphatic heterocycles. The highest BCUT2D eigenvalue weighted by Gasteiger charge is 2.35. The number of rotatable bonds is 6. The molecule has 2 atom stereocenters. The van der Waals surface area contributed by atoms with E-state index in [4.69, 9.17) is 9.47 Å². The summed E-state index contributed by atoms with van der Waals surface area (Å²) < 4.78 is 10.4. The Hall–Kier alpha value is -3.02. The van der Waals surface area contributed by atoms with E-state index < -0.39 is 0 Å². The van der Waals surface area contributed by atoms with Crippen LogP contribution in [0.5, 0.6) is 11.5 Å². The predicted molar refractivity (Wildman–Crippen MR) is 109 cm³/mol. The van der Waals surface area contributed by atoms with Crippen molar-refractivity contribution in [3.05, 3.63) is 48.5 Å². The molecule has 1 saturated carbocycles. The summed E-state index contributed by atoms with van der Waals surface area (Å²) >= 11 is 0. The van der Waals surface area contributed by atoms with Gasteiger partial charge in [-0.1, -0.05) is 25.0 Å². The Bertz CT molecular complexity index is 767. The van der Waals surface area contributed by atoms with E-state index in [9.17, 15) is 9.59 Å². The standard InChI is InChI=1S/C22H26N2O4/c1-27-17-9-5-7-15(13-17)23-21(25)19-11-3-4-12-20(19)22(26)24-16-8-6-10-18(14-16)28-2/h5-10,13-14,19-20H,3-4,11-12H2,1-2H3,(H,23,25)(H,24,26). The first-order chi connectivity index (χ1) is 13.6. The van der Waals surface area contributed by atoms with Crippen molar-refractivity contribution in [1.29, 1.82) is 0 Å². The van der Waals surface area contributed by atoms with Crippen molar-refractivity contribution in [3.8, 4) is 11.5 Å². The van der Waals surface area contributed by atoms with Gasteiger partial charge in [-0.15, -0.1) is 0 Å². The molecular weight excluding hydrogens is 356 g/mol. The Morgan fingerprint density at radius 2 is 1.21 bits per heavy atom. The third kappa shape index (κ3) is 4.82. The molecule has 148 valence electrons. The van der Waals surface area contributed by atoms with Crippen LogP contribution in [0.4, 0.5) is 11.4 Å². The molecule has 6 nitrogen and oxygen atoms in total. The lowest BCUT2D eigenvalue weighted by atomic mass is 9.78. The number of amides is 2. The quantitative estimate of drug-likeness (QED) is 0.789. The molecule has 6 heteroatoms. The van der Waals surface area contributed by atoms with Gasteiger partial charge in [-0.2, -0.15) is 0 Å². The molecule has 1 fully saturated rings. The number of hydrogen-bond donors (Lipinski definition) is 2. The molecule has 2 amide bonds. The Morgan fingerprint density at radius 3 is 1.61 bits per heavy atom. The summed E-state index contributed by atoms with van der Waals surface area (Å²) in [6.07, 6.45) is 3.29. The summed E-state index contributed by atoms with van der Waals surface area (Å²) in [6, 6.07) is 14.5. The van der Waals surface area contributed by atoms with E-state index in [1.807, 2.05) is 36.4 Å². The highest BCUT2D eigenvalue weighted by Crippen LogP contribution is 2.32. The van der Waals surface area contributed by atoms with Crippen molar-refractivity contribution in [3.63, 3.8) is 0 Å². The molecule has 3 rings (SSSR count). The van der Waals surface area contributed by atoms with Crippen LogP contribution in [-0.2, 0) is 9.59 Å². The molecule has 2 unspecified atom stereocenters. The number of nitrogens with one attached hydrogen (secondary N) is 2. The first kappa shape index (κ1) is 19.7. The van der Waals surface area contributed by atoms with Crippen molar-refractivity contribution in [2.75, 3.05) is 24.9 Å². The Balaban J connectivity index is 1.70. The molecule has 2 N–H and O–H groups in total. The molecule has 0 aromatic heterocycles. The molecule has 2 aromatic rings. The minimum atomic E-state index is -0.356. The summed E-state index contributed by atoms with van der Waals surface area (Å²) in [6.45, 7) is 0. The molecule has 1 aliphatic carbocycles. The van der Waals surface area contributed by atoms with Crippen LogP contribution in [0.2, 0.25) is 0 Å². The minimum absolute atomic E-state index is 0.126. The molecule has 1 aliphatic rings. The van der Waals surface area contributed by atoms with Crippen molar-refractivity contribution in [2.24, 2.45) is 11.8 Å². The van der Waals surface area contributed by atoms with Crippen molar-refractivity contribution in [2.45, 2.75) is 25.7 Å². The van der Waals surface area contributed by atoms with E-state index in [0.29, 0.717) is 35.7 Å². The SMILES string of the molecule is COc1cccc(NC(=O)C2CCCCC2C(=O)Nc2cccc(OC)c2)c1. The van der Waals surface area contributed by atoms with E-state index in [-0.39, 0.29) is 23.7 Å². The largest absolute Gasteiger partial charge is 0.497 e. The fourth-order valence-electron chi connectivity index (χ4n) is 3.63. The van der Waals surface area contributed by atoms with Crippen LogP contribution in [-0.4, -0.2) is 26.0 Å². The molecule has 28 heavy (non-hydrogen) atoms. The number of benzene rings is 2. The predicted octanol–water partition coefficient (Wildman–Crippen LogP) is 4.09. The summed E-state index contributed by atoms with van der Waals surface area (Å²) in [5, 5.41) is 5.87. The van der Waals surface area contributed by atoms with Gasteiger partial charge >= 0.3 is 0 Å². The highest BCUT2D eigenvalue weighted by molar-refractivity contribution is 6.00. The molecule has 2 aromatic carbocycles. The molecule has 0 spiro atoms. The third-order valence-electron chi connectivity index (χ3n) is 5.11. The highest BCUT2D eigenvalue weighted by atomic mass is 16.5. The first-order valence-electron chi connectivity index (χ1n) is 9.50. The van der Waals surface area contributed by atoms with E-state index in [2.05, 4.69) is 10.6 Å². The Morgan fingerprint density at radius 1 is 0.786 bits per heavy atom. The average molecular weight is 382 g/mol. The number of carbonyl (C=O) groups excluding carboxylic acids is 2. The maximum atomic E-state index is 12.9. The van der Waals surface area contributed by atoms with Gasteiger partial charge in [-0.25, -0.2) is 0 Å². The molecule has 0 radical (unpaired) electrons. The van der Waals surface area contributed by atoms with Gasteiger partial charge in [-0.3, -0.25) is 9.59 Å². The van der Waals surface area contributed by atoms with E-state index in [0.717, 1.165) is 12.8 Å². The smallest absolute Gasteiger partial charge is 0.228 e. The summed E-state index contributed by atoms with van der Waals surface area (Å²) in [7, 11) is 3.17. The zero-order valence-corrected chi connectivity index (χ0v) is 16.2. The molecular formula is C22H26N2O4. The second-order valence-corrected chi connectivity index (χ2v) is 6.94. The van der Waals surface area contributed by atoms with Gasteiger partial charge in [0.2, 0.25) is 11.8 Å². The van der Waals surface area contributed by atoms with Crippen molar-refractivity contribution in [1.82, 2.24) is 0 Å². The maximum Gasteiger partial charge on any atom is 0.228 e. The molecule has 0 bridgehead atoms. The fraction of sp³-hybridized carbons (Fsp3) is 0.364. The van der Waals surface area contributed by atoms with E-state index in [1.54, 1.807) is 26.4 Å². The van der Waals surface area contributed by atoms with Gasteiger partial charge in [0.25, 0.3) is 0 Å². The van der Waals surface area contributed by atoms with Gasteiger partial charge in [0, 0.05) is 35.3 Å². The normalized spacial score (nSPS) is 18.8.